The molecule has 1 amide bonds. The van der Waals surface area contributed by atoms with Gasteiger partial charge in [0.2, 0.25) is 0 Å². The summed E-state index contributed by atoms with van der Waals surface area (Å²) in [5.41, 5.74) is 2.39. The summed E-state index contributed by atoms with van der Waals surface area (Å²) in [7, 11) is 0. The second kappa shape index (κ2) is 4.46. The normalized spacial score (nSPS) is 20.9. The number of hydrogen-bond acceptors (Lipinski definition) is 4. The van der Waals surface area contributed by atoms with Gasteiger partial charge in [-0.05, 0) is 30.2 Å². The smallest absolute Gasteiger partial charge is 0.407 e. The van der Waals surface area contributed by atoms with E-state index >= 15 is 0 Å². The van der Waals surface area contributed by atoms with Crippen LogP contribution in [0.25, 0.3) is 0 Å². The average molecular weight is 262 g/mol. The molecule has 0 saturated carbocycles. The minimum absolute atomic E-state index is 0.141. The lowest BCUT2D eigenvalue weighted by Gasteiger charge is -2.22. The summed E-state index contributed by atoms with van der Waals surface area (Å²) in [5, 5.41) is 11.6. The van der Waals surface area contributed by atoms with Gasteiger partial charge in [-0.2, -0.15) is 0 Å². The van der Waals surface area contributed by atoms with Gasteiger partial charge in [0.25, 0.3) is 0 Å². The molecule has 3 rings (SSSR count). The van der Waals surface area contributed by atoms with Crippen LogP contribution in [0.4, 0.5) is 10.5 Å². The molecule has 1 atom stereocenters. The molecule has 1 saturated heterocycles. The lowest BCUT2D eigenvalue weighted by atomic mass is 10.1. The van der Waals surface area contributed by atoms with Gasteiger partial charge in [0.1, 0.15) is 6.10 Å². The molecule has 2 aliphatic heterocycles. The van der Waals surface area contributed by atoms with Gasteiger partial charge in [-0.25, -0.2) is 9.59 Å². The van der Waals surface area contributed by atoms with E-state index in [0.717, 1.165) is 24.2 Å². The Morgan fingerprint density at radius 3 is 3.05 bits per heavy atom. The number of alkyl carbamates (subject to hydrolysis) is 1. The Hall–Kier alpha value is -2.24. The van der Waals surface area contributed by atoms with Crippen molar-refractivity contribution in [1.29, 1.82) is 0 Å². The van der Waals surface area contributed by atoms with Gasteiger partial charge >= 0.3 is 12.1 Å². The number of carbonyl (C=O) groups excluding carboxylic acids is 1. The van der Waals surface area contributed by atoms with Crippen LogP contribution in [0.2, 0.25) is 0 Å². The van der Waals surface area contributed by atoms with Crippen LogP contribution in [-0.4, -0.2) is 42.9 Å². The number of cyclic esters (lactones) is 1. The van der Waals surface area contributed by atoms with Crippen molar-refractivity contribution < 1.29 is 19.4 Å². The number of benzene rings is 1. The van der Waals surface area contributed by atoms with E-state index < -0.39 is 5.97 Å². The topological polar surface area (TPSA) is 78.9 Å². The number of fused-ring (bicyclic) bond motifs is 1. The third-order valence-corrected chi connectivity index (χ3v) is 3.49. The number of ether oxygens (including phenoxy) is 1. The van der Waals surface area contributed by atoms with Gasteiger partial charge in [0.15, 0.2) is 0 Å². The van der Waals surface area contributed by atoms with E-state index in [-0.39, 0.29) is 12.2 Å². The molecule has 1 unspecified atom stereocenters. The van der Waals surface area contributed by atoms with Crippen molar-refractivity contribution in [2.24, 2.45) is 0 Å². The highest BCUT2D eigenvalue weighted by Crippen LogP contribution is 2.29. The first-order valence-electron chi connectivity index (χ1n) is 6.19. The summed E-state index contributed by atoms with van der Waals surface area (Å²) in [6, 6.07) is 5.16. The van der Waals surface area contributed by atoms with Crippen molar-refractivity contribution in [1.82, 2.24) is 5.32 Å². The molecular weight excluding hydrogens is 248 g/mol. The molecule has 100 valence electrons. The summed E-state index contributed by atoms with van der Waals surface area (Å²) in [6.07, 6.45) is 0.313. The van der Waals surface area contributed by atoms with Gasteiger partial charge in [0.05, 0.1) is 18.7 Å². The Balaban J connectivity index is 1.75. The van der Waals surface area contributed by atoms with Crippen molar-refractivity contribution in [2.45, 2.75) is 12.5 Å². The van der Waals surface area contributed by atoms with Crippen molar-refractivity contribution in [3.63, 3.8) is 0 Å². The maximum atomic E-state index is 11.0. The summed E-state index contributed by atoms with van der Waals surface area (Å²) in [4.78, 5) is 24.0. The fourth-order valence-electron chi connectivity index (χ4n) is 2.57. The van der Waals surface area contributed by atoms with Gasteiger partial charge in [-0.1, -0.05) is 0 Å². The number of anilines is 1. The second-order valence-corrected chi connectivity index (χ2v) is 4.75. The number of hydrogen-bond donors (Lipinski definition) is 2. The molecule has 19 heavy (non-hydrogen) atoms. The maximum absolute atomic E-state index is 11.0. The zero-order chi connectivity index (χ0) is 13.4. The Kier molecular flexibility index (Phi) is 2.77. The van der Waals surface area contributed by atoms with E-state index in [1.807, 2.05) is 6.07 Å². The number of aromatic carboxylic acids is 1. The number of rotatable bonds is 3. The lowest BCUT2D eigenvalue weighted by Crippen LogP contribution is -2.33. The summed E-state index contributed by atoms with van der Waals surface area (Å²) < 4.78 is 5.11. The average Bonchev–Trinajstić information content (AvgIpc) is 2.96. The second-order valence-electron chi connectivity index (χ2n) is 4.75. The first-order chi connectivity index (χ1) is 9.13. The standard InChI is InChI=1S/C13H14N2O4/c16-12(17)9-1-2-11-8(5-9)3-4-15(11)7-10-6-14-13(18)19-10/h1-2,5,10H,3-4,6-7H2,(H,14,18)(H,16,17). The number of carboxylic acid groups (broad SMARTS) is 1. The molecule has 2 heterocycles. The molecule has 0 aromatic heterocycles. The molecule has 0 radical (unpaired) electrons. The number of carbonyl (C=O) groups is 2. The Morgan fingerprint density at radius 2 is 2.37 bits per heavy atom. The Labute approximate surface area is 110 Å². The van der Waals surface area contributed by atoms with E-state index in [1.54, 1.807) is 12.1 Å². The number of amides is 1. The third kappa shape index (κ3) is 2.21. The molecule has 1 aromatic carbocycles. The molecule has 6 heteroatoms. The minimum Gasteiger partial charge on any atom is -0.478 e. The highest BCUT2D eigenvalue weighted by Gasteiger charge is 2.28. The lowest BCUT2D eigenvalue weighted by molar-refractivity contribution is 0.0696. The van der Waals surface area contributed by atoms with Gasteiger partial charge in [0, 0.05) is 12.2 Å². The fourth-order valence-corrected chi connectivity index (χ4v) is 2.57. The highest BCUT2D eigenvalue weighted by molar-refractivity contribution is 5.88. The molecule has 6 nitrogen and oxygen atoms in total. The van der Waals surface area contributed by atoms with Gasteiger partial charge in [-0.3, -0.25) is 0 Å². The number of nitrogens with zero attached hydrogens (tertiary/aromatic N) is 1. The maximum Gasteiger partial charge on any atom is 0.407 e. The molecule has 2 aliphatic rings. The predicted molar refractivity (Wildman–Crippen MR) is 67.6 cm³/mol. The van der Waals surface area contributed by atoms with E-state index in [9.17, 15) is 9.59 Å². The first-order valence-corrected chi connectivity index (χ1v) is 6.19. The zero-order valence-corrected chi connectivity index (χ0v) is 10.3. The van der Waals surface area contributed by atoms with Crippen LogP contribution >= 0.6 is 0 Å². The Bertz CT molecular complexity index is 543. The van der Waals surface area contributed by atoms with E-state index in [0.29, 0.717) is 18.7 Å². The van der Waals surface area contributed by atoms with Crippen molar-refractivity contribution >= 4 is 17.7 Å². The number of nitrogens with one attached hydrogen (secondary N) is 1. The minimum atomic E-state index is -0.907. The van der Waals surface area contributed by atoms with Crippen LogP contribution in [0.5, 0.6) is 0 Å². The van der Waals surface area contributed by atoms with Crippen molar-refractivity contribution in [3.8, 4) is 0 Å². The molecule has 1 aromatic rings. The number of carboxylic acids is 1. The molecule has 1 fully saturated rings. The fraction of sp³-hybridized carbons (Fsp3) is 0.385. The monoisotopic (exact) mass is 262 g/mol. The summed E-state index contributed by atoms with van der Waals surface area (Å²) in [6.45, 7) is 1.99. The van der Waals surface area contributed by atoms with E-state index in [2.05, 4.69) is 10.2 Å². The molecular formula is C13H14N2O4. The van der Waals surface area contributed by atoms with Crippen LogP contribution in [0.3, 0.4) is 0 Å². The third-order valence-electron chi connectivity index (χ3n) is 3.49. The van der Waals surface area contributed by atoms with Gasteiger partial charge < -0.3 is 20.1 Å². The van der Waals surface area contributed by atoms with Crippen LogP contribution < -0.4 is 10.2 Å². The summed E-state index contributed by atoms with van der Waals surface area (Å²) in [5.74, 6) is -0.907. The quantitative estimate of drug-likeness (QED) is 0.844. The van der Waals surface area contributed by atoms with Crippen LogP contribution in [0, 0.1) is 0 Å². The van der Waals surface area contributed by atoms with Crippen molar-refractivity contribution in [3.05, 3.63) is 29.3 Å². The van der Waals surface area contributed by atoms with Crippen LogP contribution in [-0.2, 0) is 11.2 Å². The Morgan fingerprint density at radius 1 is 1.53 bits per heavy atom. The molecule has 0 bridgehead atoms. The SMILES string of the molecule is O=C1NCC(CN2CCc3cc(C(=O)O)ccc32)O1. The van der Waals surface area contributed by atoms with E-state index in [1.165, 1.54) is 0 Å². The van der Waals surface area contributed by atoms with Crippen LogP contribution in [0.1, 0.15) is 15.9 Å². The van der Waals surface area contributed by atoms with Crippen molar-refractivity contribution in [2.75, 3.05) is 24.5 Å². The molecule has 0 spiro atoms. The molecule has 2 N–H and O–H groups in total. The predicted octanol–water partition coefficient (Wildman–Crippen LogP) is 0.856. The first kappa shape index (κ1) is 11.8. The van der Waals surface area contributed by atoms with Gasteiger partial charge in [-0.15, -0.1) is 0 Å². The highest BCUT2D eigenvalue weighted by atomic mass is 16.6. The largest absolute Gasteiger partial charge is 0.478 e. The summed E-state index contributed by atoms with van der Waals surface area (Å²) >= 11 is 0. The van der Waals surface area contributed by atoms with E-state index in [4.69, 9.17) is 9.84 Å². The zero-order valence-electron chi connectivity index (χ0n) is 10.3. The van der Waals surface area contributed by atoms with Crippen LogP contribution in [0.15, 0.2) is 18.2 Å². The molecule has 0 aliphatic carbocycles.